The summed E-state index contributed by atoms with van der Waals surface area (Å²) in [7, 11) is 0. The van der Waals surface area contributed by atoms with Gasteiger partial charge < -0.3 is 19.2 Å². The molecule has 0 amide bonds. The van der Waals surface area contributed by atoms with Crippen LogP contribution in [0, 0.1) is 0 Å². The number of ether oxygens (including phenoxy) is 3. The van der Waals surface area contributed by atoms with E-state index < -0.39 is 18.2 Å². The first-order chi connectivity index (χ1) is 15.2. The molecule has 4 aromatic rings. The summed E-state index contributed by atoms with van der Waals surface area (Å²) < 4.78 is 17.1. The minimum Gasteiger partial charge on any atom is -0.485 e. The number of hydrogen-bond acceptors (Lipinski definition) is 5. The van der Waals surface area contributed by atoms with Gasteiger partial charge in [-0.15, -0.1) is 0 Å². The van der Waals surface area contributed by atoms with Gasteiger partial charge in [0.1, 0.15) is 6.61 Å². The second kappa shape index (κ2) is 7.99. The number of H-pyrrole nitrogens is 1. The Kier molecular flexibility index (Phi) is 4.88. The summed E-state index contributed by atoms with van der Waals surface area (Å²) in [5, 5.41) is 0.774. The van der Waals surface area contributed by atoms with E-state index in [-0.39, 0.29) is 12.4 Å². The third kappa shape index (κ3) is 3.64. The first kappa shape index (κ1) is 18.9. The maximum Gasteiger partial charge on any atom is 0.352 e. The molecule has 31 heavy (non-hydrogen) atoms. The smallest absolute Gasteiger partial charge is 0.352 e. The van der Waals surface area contributed by atoms with Crippen molar-refractivity contribution in [3.63, 3.8) is 0 Å². The minimum atomic E-state index is -1.10. The molecule has 0 radical (unpaired) electrons. The zero-order valence-electron chi connectivity index (χ0n) is 16.5. The molecule has 1 aliphatic heterocycles. The normalized spacial score (nSPS) is 15.9. The van der Waals surface area contributed by atoms with Crippen molar-refractivity contribution in [2.24, 2.45) is 0 Å². The van der Waals surface area contributed by atoms with Crippen LogP contribution in [0.15, 0.2) is 85.1 Å². The molecule has 5 rings (SSSR count). The number of aromatic nitrogens is 1. The van der Waals surface area contributed by atoms with Gasteiger partial charge in [0.15, 0.2) is 17.6 Å². The second-order valence-corrected chi connectivity index (χ2v) is 7.20. The molecular formula is C25H19NO5. The number of fused-ring (bicyclic) bond motifs is 2. The van der Waals surface area contributed by atoms with Crippen LogP contribution in [0.4, 0.5) is 0 Å². The number of ketones is 1. The van der Waals surface area contributed by atoms with E-state index in [0.29, 0.717) is 22.6 Å². The second-order valence-electron chi connectivity index (χ2n) is 7.20. The molecule has 0 bridgehead atoms. The number of benzene rings is 3. The van der Waals surface area contributed by atoms with Gasteiger partial charge in [-0.1, -0.05) is 60.7 Å². The summed E-state index contributed by atoms with van der Waals surface area (Å²) in [5.41, 5.74) is 1.89. The highest BCUT2D eigenvalue weighted by atomic mass is 16.6. The Morgan fingerprint density at radius 1 is 0.903 bits per heavy atom. The molecule has 6 nitrogen and oxygen atoms in total. The standard InChI is InChI=1S/C25H19NO5/c27-23(18-14-26-19-11-5-4-10-17(18)19)24(16-8-2-1-3-9-16)31-25(28)22-15-29-20-12-6-7-13-21(20)30-22/h1-14,22,24,26H,15H2. The number of carbonyl (C=O) groups is 2. The summed E-state index contributed by atoms with van der Waals surface area (Å²) in [5.74, 6) is 0.0709. The fourth-order valence-corrected chi connectivity index (χ4v) is 3.65. The topological polar surface area (TPSA) is 77.6 Å². The molecule has 154 valence electrons. The molecular weight excluding hydrogens is 394 g/mol. The molecule has 1 aromatic heterocycles. The van der Waals surface area contributed by atoms with Crippen LogP contribution in [-0.4, -0.2) is 29.4 Å². The van der Waals surface area contributed by atoms with Crippen molar-refractivity contribution in [2.75, 3.05) is 6.61 Å². The third-order valence-electron chi connectivity index (χ3n) is 5.20. The van der Waals surface area contributed by atoms with Crippen molar-refractivity contribution in [3.8, 4) is 11.5 Å². The molecule has 1 N–H and O–H groups in total. The van der Waals surface area contributed by atoms with Crippen molar-refractivity contribution in [1.82, 2.24) is 4.98 Å². The zero-order chi connectivity index (χ0) is 21.2. The van der Waals surface area contributed by atoms with Crippen molar-refractivity contribution in [1.29, 1.82) is 0 Å². The molecule has 0 fully saturated rings. The highest BCUT2D eigenvalue weighted by Crippen LogP contribution is 2.32. The molecule has 2 atom stereocenters. The Balaban J connectivity index is 1.43. The molecule has 0 spiro atoms. The van der Waals surface area contributed by atoms with Gasteiger partial charge in [-0.05, 0) is 18.2 Å². The van der Waals surface area contributed by atoms with Crippen LogP contribution in [0.25, 0.3) is 10.9 Å². The molecule has 3 aromatic carbocycles. The first-order valence-electron chi connectivity index (χ1n) is 9.95. The highest BCUT2D eigenvalue weighted by Gasteiger charge is 2.34. The van der Waals surface area contributed by atoms with E-state index in [1.54, 1.807) is 48.7 Å². The molecule has 2 unspecified atom stereocenters. The fourth-order valence-electron chi connectivity index (χ4n) is 3.65. The van der Waals surface area contributed by atoms with Crippen LogP contribution in [-0.2, 0) is 9.53 Å². The monoisotopic (exact) mass is 413 g/mol. The lowest BCUT2D eigenvalue weighted by atomic mass is 9.99. The van der Waals surface area contributed by atoms with Crippen LogP contribution >= 0.6 is 0 Å². The highest BCUT2D eigenvalue weighted by molar-refractivity contribution is 6.10. The number of aromatic amines is 1. The van der Waals surface area contributed by atoms with Crippen molar-refractivity contribution in [2.45, 2.75) is 12.2 Å². The maximum absolute atomic E-state index is 13.5. The largest absolute Gasteiger partial charge is 0.485 e. The quantitative estimate of drug-likeness (QED) is 0.386. The molecule has 0 aliphatic carbocycles. The van der Waals surface area contributed by atoms with E-state index in [9.17, 15) is 9.59 Å². The average Bonchev–Trinajstić information content (AvgIpc) is 3.26. The molecule has 6 heteroatoms. The van der Waals surface area contributed by atoms with Gasteiger partial charge in [0, 0.05) is 28.2 Å². The summed E-state index contributed by atoms with van der Waals surface area (Å²) in [6, 6.07) is 23.6. The van der Waals surface area contributed by atoms with E-state index in [1.807, 2.05) is 36.4 Å². The Hall–Kier alpha value is -4.06. The zero-order valence-corrected chi connectivity index (χ0v) is 16.5. The fraction of sp³-hybridized carbons (Fsp3) is 0.120. The number of Topliss-reactive ketones (excluding diaryl/α,β-unsaturated/α-hetero) is 1. The van der Waals surface area contributed by atoms with E-state index in [0.717, 1.165) is 10.9 Å². The van der Waals surface area contributed by atoms with Gasteiger partial charge in [-0.25, -0.2) is 4.79 Å². The Labute approximate surface area is 178 Å². The predicted octanol–water partition coefficient (Wildman–Crippen LogP) is 4.48. The van der Waals surface area contributed by atoms with Gasteiger partial charge in [-0.3, -0.25) is 4.79 Å². The van der Waals surface area contributed by atoms with E-state index in [2.05, 4.69) is 4.98 Å². The molecule has 0 saturated heterocycles. The Morgan fingerprint density at radius 2 is 1.61 bits per heavy atom. The number of nitrogens with one attached hydrogen (secondary N) is 1. The van der Waals surface area contributed by atoms with Crippen molar-refractivity contribution < 1.29 is 23.8 Å². The van der Waals surface area contributed by atoms with Gasteiger partial charge in [0.05, 0.1) is 0 Å². The number of para-hydroxylation sites is 3. The van der Waals surface area contributed by atoms with Crippen molar-refractivity contribution >= 4 is 22.7 Å². The van der Waals surface area contributed by atoms with Crippen LogP contribution in [0.3, 0.4) is 0 Å². The minimum absolute atomic E-state index is 0.0125. The van der Waals surface area contributed by atoms with E-state index in [4.69, 9.17) is 14.2 Å². The summed E-state index contributed by atoms with van der Waals surface area (Å²) in [6.07, 6.45) is -0.418. The number of esters is 1. The van der Waals surface area contributed by atoms with Crippen molar-refractivity contribution in [3.05, 3.63) is 96.2 Å². The summed E-state index contributed by atoms with van der Waals surface area (Å²) in [6.45, 7) is 0.0125. The van der Waals surface area contributed by atoms with Gasteiger partial charge in [-0.2, -0.15) is 0 Å². The van der Waals surface area contributed by atoms with Crippen LogP contribution < -0.4 is 9.47 Å². The SMILES string of the molecule is O=C(OC(C(=O)c1c[nH]c2ccccc12)c1ccccc1)C1COc2ccccc2O1. The number of carbonyl (C=O) groups excluding carboxylic acids is 2. The lowest BCUT2D eigenvalue weighted by molar-refractivity contribution is -0.158. The van der Waals surface area contributed by atoms with E-state index >= 15 is 0 Å². The van der Waals surface area contributed by atoms with Crippen LogP contribution in [0.2, 0.25) is 0 Å². The van der Waals surface area contributed by atoms with Gasteiger partial charge >= 0.3 is 5.97 Å². The lowest BCUT2D eigenvalue weighted by Gasteiger charge is -2.26. The predicted molar refractivity (Wildman–Crippen MR) is 114 cm³/mol. The first-order valence-corrected chi connectivity index (χ1v) is 9.95. The summed E-state index contributed by atoms with van der Waals surface area (Å²) >= 11 is 0. The van der Waals surface area contributed by atoms with Crippen LogP contribution in [0.1, 0.15) is 22.0 Å². The average molecular weight is 413 g/mol. The number of rotatable bonds is 5. The van der Waals surface area contributed by atoms with E-state index in [1.165, 1.54) is 0 Å². The van der Waals surface area contributed by atoms with Crippen LogP contribution in [0.5, 0.6) is 11.5 Å². The Morgan fingerprint density at radius 3 is 2.45 bits per heavy atom. The lowest BCUT2D eigenvalue weighted by Crippen LogP contribution is -2.39. The van der Waals surface area contributed by atoms with Gasteiger partial charge in [0.25, 0.3) is 0 Å². The molecule has 2 heterocycles. The van der Waals surface area contributed by atoms with Gasteiger partial charge in [0.2, 0.25) is 11.9 Å². The third-order valence-corrected chi connectivity index (χ3v) is 5.20. The Bertz CT molecular complexity index is 1250. The molecule has 0 saturated carbocycles. The maximum atomic E-state index is 13.5. The summed E-state index contributed by atoms with van der Waals surface area (Å²) in [4.78, 5) is 29.5. The number of hydrogen-bond donors (Lipinski definition) is 1. The molecule has 1 aliphatic rings.